The van der Waals surface area contributed by atoms with E-state index in [4.69, 9.17) is 4.74 Å². The van der Waals surface area contributed by atoms with Crippen LogP contribution in [-0.2, 0) is 11.2 Å². The number of amides is 1. The van der Waals surface area contributed by atoms with Crippen molar-refractivity contribution in [1.82, 2.24) is 4.90 Å². The highest BCUT2D eigenvalue weighted by Crippen LogP contribution is 2.21. The largest absolute Gasteiger partial charge is 0.494 e. The van der Waals surface area contributed by atoms with E-state index in [9.17, 15) is 9.90 Å². The smallest absolute Gasteiger partial charge is 0.222 e. The number of para-hydroxylation sites is 1. The number of rotatable bonds is 5. The number of aryl methyl sites for hydroxylation is 1. The molecule has 0 radical (unpaired) electrons. The maximum atomic E-state index is 12.3. The van der Waals surface area contributed by atoms with Gasteiger partial charge in [-0.1, -0.05) is 25.1 Å². The molecule has 1 amide bonds. The summed E-state index contributed by atoms with van der Waals surface area (Å²) in [4.78, 5) is 14.1. The summed E-state index contributed by atoms with van der Waals surface area (Å²) in [6.07, 6.45) is 1.63. The summed E-state index contributed by atoms with van der Waals surface area (Å²) in [5, 5.41) is 9.88. The minimum absolute atomic E-state index is 0.118. The van der Waals surface area contributed by atoms with Gasteiger partial charge in [0.25, 0.3) is 0 Å². The van der Waals surface area contributed by atoms with Crippen molar-refractivity contribution in [1.29, 1.82) is 0 Å². The number of aliphatic hydroxyl groups excluding tert-OH is 1. The molecule has 1 aliphatic rings. The Balaban J connectivity index is 1.89. The van der Waals surface area contributed by atoms with Gasteiger partial charge < -0.3 is 14.7 Å². The van der Waals surface area contributed by atoms with E-state index in [2.05, 4.69) is 0 Å². The molecule has 0 bridgehead atoms. The number of aliphatic hydroxyl groups is 1. The van der Waals surface area contributed by atoms with E-state index < -0.39 is 6.10 Å². The fourth-order valence-corrected chi connectivity index (χ4v) is 2.68. The van der Waals surface area contributed by atoms with Crippen LogP contribution in [0.15, 0.2) is 24.3 Å². The third-order valence-corrected chi connectivity index (χ3v) is 4.15. The lowest BCUT2D eigenvalue weighted by Gasteiger charge is -2.34. The third kappa shape index (κ3) is 4.21. The van der Waals surface area contributed by atoms with Gasteiger partial charge in [-0.25, -0.2) is 0 Å². The Bertz CT molecular complexity index is 475. The molecular formula is C17H25NO3. The Kier molecular flexibility index (Phi) is 5.62. The molecule has 2 atom stereocenters. The highest BCUT2D eigenvalue weighted by molar-refractivity contribution is 5.76. The average Bonchev–Trinajstić information content (AvgIpc) is 2.49. The molecule has 2 unspecified atom stereocenters. The number of nitrogens with zero attached hydrogens (tertiary/aromatic N) is 1. The lowest BCUT2D eigenvalue weighted by Crippen LogP contribution is -2.45. The molecule has 4 nitrogen and oxygen atoms in total. The quantitative estimate of drug-likeness (QED) is 0.905. The van der Waals surface area contributed by atoms with Crippen molar-refractivity contribution in [3.05, 3.63) is 29.8 Å². The van der Waals surface area contributed by atoms with Gasteiger partial charge >= 0.3 is 0 Å². The fraction of sp³-hybridized carbons (Fsp3) is 0.588. The molecule has 1 saturated heterocycles. The summed E-state index contributed by atoms with van der Waals surface area (Å²) >= 11 is 0. The lowest BCUT2D eigenvalue weighted by atomic mass is 9.95. The standard InChI is InChI=1S/C17H25NO3/c1-3-21-16-7-5-4-6-14(16)8-9-17(20)18-11-10-13(2)15(19)12-18/h4-7,13,15,19H,3,8-12H2,1-2H3. The van der Waals surface area contributed by atoms with Crippen LogP contribution in [0.5, 0.6) is 5.75 Å². The molecule has 0 saturated carbocycles. The number of hydrogen-bond donors (Lipinski definition) is 1. The topological polar surface area (TPSA) is 49.8 Å². The first-order valence-corrected chi connectivity index (χ1v) is 7.78. The minimum Gasteiger partial charge on any atom is -0.494 e. The second-order valence-corrected chi connectivity index (χ2v) is 5.71. The van der Waals surface area contributed by atoms with Crippen molar-refractivity contribution >= 4 is 5.91 Å². The summed E-state index contributed by atoms with van der Waals surface area (Å²) in [6.45, 7) is 5.83. The Labute approximate surface area is 126 Å². The molecule has 1 aromatic carbocycles. The van der Waals surface area contributed by atoms with Crippen LogP contribution in [0.3, 0.4) is 0 Å². The van der Waals surface area contributed by atoms with Crippen molar-refractivity contribution in [2.45, 2.75) is 39.2 Å². The highest BCUT2D eigenvalue weighted by Gasteiger charge is 2.26. The summed E-state index contributed by atoms with van der Waals surface area (Å²) in [5.41, 5.74) is 1.07. The van der Waals surface area contributed by atoms with Crippen LogP contribution in [0, 0.1) is 5.92 Å². The third-order valence-electron chi connectivity index (χ3n) is 4.15. The van der Waals surface area contributed by atoms with Gasteiger partial charge in [-0.15, -0.1) is 0 Å². The van der Waals surface area contributed by atoms with Gasteiger partial charge in [0.2, 0.25) is 5.91 Å². The van der Waals surface area contributed by atoms with E-state index in [0.29, 0.717) is 26.0 Å². The van der Waals surface area contributed by atoms with E-state index in [1.165, 1.54) is 0 Å². The second-order valence-electron chi connectivity index (χ2n) is 5.71. The van der Waals surface area contributed by atoms with Crippen LogP contribution >= 0.6 is 0 Å². The number of carbonyl (C=O) groups excluding carboxylic acids is 1. The highest BCUT2D eigenvalue weighted by atomic mass is 16.5. The molecule has 1 N–H and O–H groups in total. The van der Waals surface area contributed by atoms with Gasteiger partial charge in [-0.3, -0.25) is 4.79 Å². The van der Waals surface area contributed by atoms with Crippen molar-refractivity contribution < 1.29 is 14.6 Å². The number of likely N-dealkylation sites (tertiary alicyclic amines) is 1. The summed E-state index contributed by atoms with van der Waals surface area (Å²) in [7, 11) is 0. The zero-order valence-corrected chi connectivity index (χ0v) is 12.9. The van der Waals surface area contributed by atoms with Crippen molar-refractivity contribution in [3.63, 3.8) is 0 Å². The maximum Gasteiger partial charge on any atom is 0.222 e. The van der Waals surface area contributed by atoms with Crippen LogP contribution in [-0.4, -0.2) is 41.7 Å². The zero-order valence-electron chi connectivity index (χ0n) is 12.9. The molecular weight excluding hydrogens is 266 g/mol. The Morgan fingerprint density at radius 3 is 2.90 bits per heavy atom. The first-order valence-electron chi connectivity index (χ1n) is 7.78. The maximum absolute atomic E-state index is 12.3. The number of benzene rings is 1. The van der Waals surface area contributed by atoms with Gasteiger partial charge in [-0.05, 0) is 37.3 Å². The molecule has 21 heavy (non-hydrogen) atoms. The van der Waals surface area contributed by atoms with E-state index in [1.807, 2.05) is 38.1 Å². The SMILES string of the molecule is CCOc1ccccc1CCC(=O)N1CCC(C)C(O)C1. The lowest BCUT2D eigenvalue weighted by molar-refractivity contribution is -0.135. The number of β-amino-alcohol motifs (C(OH)–C–C–N with tert-alkyl or cyclic N) is 1. The number of ether oxygens (including phenoxy) is 1. The molecule has 2 rings (SSSR count). The van der Waals surface area contributed by atoms with Gasteiger partial charge in [0.05, 0.1) is 12.7 Å². The molecule has 0 aromatic heterocycles. The van der Waals surface area contributed by atoms with E-state index in [0.717, 1.165) is 24.3 Å². The van der Waals surface area contributed by atoms with Crippen molar-refractivity contribution in [2.24, 2.45) is 5.92 Å². The van der Waals surface area contributed by atoms with Crippen LogP contribution in [0.1, 0.15) is 32.3 Å². The summed E-state index contributed by atoms with van der Waals surface area (Å²) < 4.78 is 5.58. The number of carbonyl (C=O) groups is 1. The molecule has 1 fully saturated rings. The Morgan fingerprint density at radius 1 is 1.43 bits per heavy atom. The van der Waals surface area contributed by atoms with Crippen molar-refractivity contribution in [3.8, 4) is 5.75 Å². The number of piperidine rings is 1. The van der Waals surface area contributed by atoms with Crippen LogP contribution < -0.4 is 4.74 Å². The molecule has 0 spiro atoms. The van der Waals surface area contributed by atoms with Gasteiger partial charge in [0.15, 0.2) is 0 Å². The van der Waals surface area contributed by atoms with Crippen LogP contribution in [0.2, 0.25) is 0 Å². The second kappa shape index (κ2) is 7.46. The predicted molar refractivity (Wildman–Crippen MR) is 82.3 cm³/mol. The fourth-order valence-electron chi connectivity index (χ4n) is 2.68. The minimum atomic E-state index is -0.390. The number of hydrogen-bond acceptors (Lipinski definition) is 3. The average molecular weight is 291 g/mol. The summed E-state index contributed by atoms with van der Waals surface area (Å²) in [6, 6.07) is 7.86. The van der Waals surface area contributed by atoms with Crippen LogP contribution in [0.25, 0.3) is 0 Å². The molecule has 1 aliphatic heterocycles. The predicted octanol–water partition coefficient (Wildman–Crippen LogP) is 2.25. The monoisotopic (exact) mass is 291 g/mol. The molecule has 1 aromatic rings. The van der Waals surface area contributed by atoms with E-state index in [-0.39, 0.29) is 11.8 Å². The van der Waals surface area contributed by atoms with Gasteiger partial charge in [0, 0.05) is 19.5 Å². The van der Waals surface area contributed by atoms with Crippen molar-refractivity contribution in [2.75, 3.05) is 19.7 Å². The van der Waals surface area contributed by atoms with E-state index >= 15 is 0 Å². The van der Waals surface area contributed by atoms with Gasteiger partial charge in [-0.2, -0.15) is 0 Å². The first kappa shape index (κ1) is 15.8. The summed E-state index contributed by atoms with van der Waals surface area (Å²) in [5.74, 6) is 1.26. The van der Waals surface area contributed by atoms with Crippen LogP contribution in [0.4, 0.5) is 0 Å². The Hall–Kier alpha value is -1.55. The Morgan fingerprint density at radius 2 is 2.19 bits per heavy atom. The molecule has 116 valence electrons. The first-order chi connectivity index (χ1) is 10.1. The molecule has 1 heterocycles. The zero-order chi connectivity index (χ0) is 15.2. The molecule has 4 heteroatoms. The van der Waals surface area contributed by atoms with Gasteiger partial charge in [0.1, 0.15) is 5.75 Å². The van der Waals surface area contributed by atoms with E-state index in [1.54, 1.807) is 4.90 Å². The molecule has 0 aliphatic carbocycles. The normalized spacial score (nSPS) is 22.1.